The van der Waals surface area contributed by atoms with E-state index in [0.717, 1.165) is 56.0 Å². The van der Waals surface area contributed by atoms with Crippen LogP contribution in [0.15, 0.2) is 18.2 Å². The van der Waals surface area contributed by atoms with Crippen LogP contribution in [0.5, 0.6) is 0 Å². The van der Waals surface area contributed by atoms with Gasteiger partial charge in [0.1, 0.15) is 0 Å². The number of hydrogen-bond donors (Lipinski definition) is 1. The predicted octanol–water partition coefficient (Wildman–Crippen LogP) is 0.808. The molecule has 0 aromatic heterocycles. The fraction of sp³-hybridized carbons (Fsp3) is 0.571. The Kier molecular flexibility index (Phi) is 3.60. The number of sulfonamides is 1. The standard InChI is InChI=1S/C14H21N3O2S/c1-20(18,19)17-9-3-5-12-4-2-6-13(14(12)17)16-10-7-15-8-11-16/h2,4,6,15H,3,5,7-11H2,1H3. The fourth-order valence-corrected chi connectivity index (χ4v) is 4.09. The second kappa shape index (κ2) is 5.26. The number of para-hydroxylation sites is 1. The summed E-state index contributed by atoms with van der Waals surface area (Å²) in [6.07, 6.45) is 3.16. The van der Waals surface area contributed by atoms with Crippen molar-refractivity contribution in [3.63, 3.8) is 0 Å². The van der Waals surface area contributed by atoms with Crippen molar-refractivity contribution in [2.75, 3.05) is 48.2 Å². The van der Waals surface area contributed by atoms with E-state index in [1.165, 1.54) is 6.26 Å². The molecule has 1 saturated heterocycles. The number of nitrogens with zero attached hydrogens (tertiary/aromatic N) is 2. The second-order valence-corrected chi connectivity index (χ2v) is 7.37. The highest BCUT2D eigenvalue weighted by atomic mass is 32.2. The van der Waals surface area contributed by atoms with E-state index in [1.807, 2.05) is 12.1 Å². The van der Waals surface area contributed by atoms with Gasteiger partial charge in [-0.1, -0.05) is 12.1 Å². The lowest BCUT2D eigenvalue weighted by atomic mass is 10.0. The highest BCUT2D eigenvalue weighted by Crippen LogP contribution is 2.38. The monoisotopic (exact) mass is 295 g/mol. The molecule has 110 valence electrons. The number of fused-ring (bicyclic) bond motifs is 1. The van der Waals surface area contributed by atoms with Crippen molar-refractivity contribution in [1.29, 1.82) is 0 Å². The SMILES string of the molecule is CS(=O)(=O)N1CCCc2cccc(N3CCNCC3)c21. The van der Waals surface area contributed by atoms with Crippen LogP contribution in [0.4, 0.5) is 11.4 Å². The molecule has 0 spiro atoms. The number of anilines is 2. The predicted molar refractivity (Wildman–Crippen MR) is 82.0 cm³/mol. The van der Waals surface area contributed by atoms with Crippen molar-refractivity contribution in [3.8, 4) is 0 Å². The van der Waals surface area contributed by atoms with Crippen molar-refractivity contribution >= 4 is 21.4 Å². The van der Waals surface area contributed by atoms with Gasteiger partial charge in [-0.3, -0.25) is 4.31 Å². The third kappa shape index (κ3) is 2.50. The van der Waals surface area contributed by atoms with Crippen molar-refractivity contribution in [2.24, 2.45) is 0 Å². The Labute approximate surface area is 120 Å². The minimum atomic E-state index is -3.21. The Morgan fingerprint density at radius 2 is 1.90 bits per heavy atom. The van der Waals surface area contributed by atoms with E-state index in [2.05, 4.69) is 16.3 Å². The van der Waals surface area contributed by atoms with Gasteiger partial charge in [-0.2, -0.15) is 0 Å². The van der Waals surface area contributed by atoms with Gasteiger partial charge in [0.25, 0.3) is 0 Å². The molecular weight excluding hydrogens is 274 g/mol. The Morgan fingerprint density at radius 3 is 2.60 bits per heavy atom. The molecular formula is C14H21N3O2S. The lowest BCUT2D eigenvalue weighted by Crippen LogP contribution is -2.45. The van der Waals surface area contributed by atoms with Crippen LogP contribution >= 0.6 is 0 Å². The summed E-state index contributed by atoms with van der Waals surface area (Å²) in [7, 11) is -3.21. The molecule has 1 aromatic carbocycles. The van der Waals surface area contributed by atoms with Crippen molar-refractivity contribution in [2.45, 2.75) is 12.8 Å². The molecule has 20 heavy (non-hydrogen) atoms. The van der Waals surface area contributed by atoms with Crippen molar-refractivity contribution in [1.82, 2.24) is 5.32 Å². The van der Waals surface area contributed by atoms with Crippen LogP contribution in [0.25, 0.3) is 0 Å². The van der Waals surface area contributed by atoms with E-state index in [1.54, 1.807) is 4.31 Å². The number of benzene rings is 1. The maximum Gasteiger partial charge on any atom is 0.232 e. The molecule has 6 heteroatoms. The average molecular weight is 295 g/mol. The fourth-order valence-electron chi connectivity index (χ4n) is 3.08. The van der Waals surface area contributed by atoms with Gasteiger partial charge in [0.15, 0.2) is 0 Å². The van der Waals surface area contributed by atoms with E-state index in [0.29, 0.717) is 6.54 Å². The lowest BCUT2D eigenvalue weighted by Gasteiger charge is -2.37. The zero-order chi connectivity index (χ0) is 14.2. The molecule has 0 amide bonds. The van der Waals surface area contributed by atoms with Crippen molar-refractivity contribution in [3.05, 3.63) is 23.8 Å². The molecule has 0 aliphatic carbocycles. The zero-order valence-corrected chi connectivity index (χ0v) is 12.6. The molecule has 0 saturated carbocycles. The van der Waals surface area contributed by atoms with Crippen LogP contribution in [-0.4, -0.2) is 47.4 Å². The summed E-state index contributed by atoms with van der Waals surface area (Å²) >= 11 is 0. The van der Waals surface area contributed by atoms with Crippen LogP contribution in [0.2, 0.25) is 0 Å². The third-order valence-corrected chi connectivity index (χ3v) is 5.18. The van der Waals surface area contributed by atoms with Gasteiger partial charge in [0.05, 0.1) is 17.6 Å². The van der Waals surface area contributed by atoms with Crippen LogP contribution in [0.1, 0.15) is 12.0 Å². The molecule has 2 aliphatic rings. The molecule has 0 radical (unpaired) electrons. The molecule has 2 aliphatic heterocycles. The summed E-state index contributed by atoms with van der Waals surface area (Å²) in [5.74, 6) is 0. The highest BCUT2D eigenvalue weighted by molar-refractivity contribution is 7.92. The minimum absolute atomic E-state index is 0.592. The Balaban J connectivity index is 2.07. The van der Waals surface area contributed by atoms with Gasteiger partial charge < -0.3 is 10.2 Å². The maximum atomic E-state index is 12.1. The molecule has 5 nitrogen and oxygen atoms in total. The van der Waals surface area contributed by atoms with Gasteiger partial charge in [0.2, 0.25) is 10.0 Å². The summed E-state index contributed by atoms with van der Waals surface area (Å²) in [5.41, 5.74) is 3.12. The maximum absolute atomic E-state index is 12.1. The normalized spacial score (nSPS) is 19.9. The first-order valence-corrected chi connectivity index (χ1v) is 8.97. The number of piperazine rings is 1. The Hall–Kier alpha value is -1.27. The molecule has 3 rings (SSSR count). The minimum Gasteiger partial charge on any atom is -0.367 e. The smallest absolute Gasteiger partial charge is 0.232 e. The summed E-state index contributed by atoms with van der Waals surface area (Å²) in [6.45, 7) is 4.34. The molecule has 0 unspecified atom stereocenters. The van der Waals surface area contributed by atoms with Crippen LogP contribution in [-0.2, 0) is 16.4 Å². The molecule has 0 atom stereocenters. The molecule has 1 fully saturated rings. The first-order valence-electron chi connectivity index (χ1n) is 7.12. The van der Waals surface area contributed by atoms with E-state index in [4.69, 9.17) is 0 Å². The first-order chi connectivity index (χ1) is 9.57. The first kappa shape index (κ1) is 13.7. The second-order valence-electron chi connectivity index (χ2n) is 5.46. The van der Waals surface area contributed by atoms with Gasteiger partial charge in [-0.05, 0) is 24.5 Å². The molecule has 2 heterocycles. The molecule has 1 N–H and O–H groups in total. The number of hydrogen-bond acceptors (Lipinski definition) is 4. The van der Waals surface area contributed by atoms with Crippen LogP contribution in [0.3, 0.4) is 0 Å². The van der Waals surface area contributed by atoms with Gasteiger partial charge >= 0.3 is 0 Å². The van der Waals surface area contributed by atoms with E-state index < -0.39 is 10.0 Å². The number of aryl methyl sites for hydroxylation is 1. The Bertz CT molecular complexity index is 594. The quantitative estimate of drug-likeness (QED) is 0.877. The average Bonchev–Trinajstić information content (AvgIpc) is 2.46. The van der Waals surface area contributed by atoms with E-state index in [9.17, 15) is 8.42 Å². The third-order valence-electron chi connectivity index (χ3n) is 4.01. The van der Waals surface area contributed by atoms with E-state index in [-0.39, 0.29) is 0 Å². The summed E-state index contributed by atoms with van der Waals surface area (Å²) in [4.78, 5) is 2.29. The molecule has 0 bridgehead atoms. The van der Waals surface area contributed by atoms with E-state index >= 15 is 0 Å². The van der Waals surface area contributed by atoms with Crippen LogP contribution < -0.4 is 14.5 Å². The summed E-state index contributed by atoms with van der Waals surface area (Å²) in [5, 5.41) is 3.33. The van der Waals surface area contributed by atoms with Crippen molar-refractivity contribution < 1.29 is 8.42 Å². The van der Waals surface area contributed by atoms with Gasteiger partial charge in [-0.15, -0.1) is 0 Å². The van der Waals surface area contributed by atoms with Gasteiger partial charge in [0, 0.05) is 32.7 Å². The zero-order valence-electron chi connectivity index (χ0n) is 11.8. The molecule has 1 aromatic rings. The Morgan fingerprint density at radius 1 is 1.15 bits per heavy atom. The van der Waals surface area contributed by atoms with Crippen LogP contribution in [0, 0.1) is 0 Å². The summed E-state index contributed by atoms with van der Waals surface area (Å²) < 4.78 is 25.7. The largest absolute Gasteiger partial charge is 0.367 e. The van der Waals surface area contributed by atoms with Gasteiger partial charge in [-0.25, -0.2) is 8.42 Å². The number of nitrogens with one attached hydrogen (secondary N) is 1. The lowest BCUT2D eigenvalue weighted by molar-refractivity contribution is 0.584. The summed E-state index contributed by atoms with van der Waals surface area (Å²) in [6, 6.07) is 6.15. The topological polar surface area (TPSA) is 52.7 Å². The highest BCUT2D eigenvalue weighted by Gasteiger charge is 2.28. The number of rotatable bonds is 2.